The summed E-state index contributed by atoms with van der Waals surface area (Å²) < 4.78 is 9.44. The molecule has 0 atom stereocenters. The summed E-state index contributed by atoms with van der Waals surface area (Å²) in [4.78, 5) is 26.5. The molecule has 0 aliphatic heterocycles. The van der Waals surface area contributed by atoms with Gasteiger partial charge in [0.05, 0.1) is 22.8 Å². The van der Waals surface area contributed by atoms with Crippen LogP contribution in [0.5, 0.6) is 5.75 Å². The van der Waals surface area contributed by atoms with E-state index in [1.807, 2.05) is 33.2 Å². The summed E-state index contributed by atoms with van der Waals surface area (Å²) >= 11 is 3.40. The Morgan fingerprint density at radius 1 is 1.18 bits per heavy atom. The van der Waals surface area contributed by atoms with Crippen molar-refractivity contribution in [1.82, 2.24) is 29.3 Å². The van der Waals surface area contributed by atoms with Gasteiger partial charge in [0.15, 0.2) is 5.82 Å². The number of hydrogen-bond acceptors (Lipinski definition) is 7. The molecule has 0 amide bonds. The van der Waals surface area contributed by atoms with Gasteiger partial charge >= 0.3 is 0 Å². The van der Waals surface area contributed by atoms with Gasteiger partial charge in [0, 0.05) is 37.4 Å². The second-order valence-electron chi connectivity index (χ2n) is 8.56. The third kappa shape index (κ3) is 4.78. The highest BCUT2D eigenvalue weighted by atomic mass is 79.9. The van der Waals surface area contributed by atoms with Gasteiger partial charge in [-0.05, 0) is 67.4 Å². The molecular formula is C24H25BrN6O3. The van der Waals surface area contributed by atoms with Crippen LogP contribution in [-0.2, 0) is 19.3 Å². The summed E-state index contributed by atoms with van der Waals surface area (Å²) in [6.07, 6.45) is 5.12. The molecule has 34 heavy (non-hydrogen) atoms. The van der Waals surface area contributed by atoms with Gasteiger partial charge in [-0.3, -0.25) is 19.0 Å². The maximum Gasteiger partial charge on any atom is 0.273 e. The van der Waals surface area contributed by atoms with E-state index < -0.39 is 5.60 Å². The number of nitrogens with zero attached hydrogens (tertiary/aromatic N) is 6. The Morgan fingerprint density at radius 2 is 1.94 bits per heavy atom. The maximum absolute atomic E-state index is 13.3. The Bertz CT molecular complexity index is 1420. The van der Waals surface area contributed by atoms with Crippen molar-refractivity contribution in [2.24, 2.45) is 7.05 Å². The van der Waals surface area contributed by atoms with E-state index in [0.717, 1.165) is 11.3 Å². The van der Waals surface area contributed by atoms with Crippen molar-refractivity contribution in [2.75, 3.05) is 0 Å². The Balaban J connectivity index is 1.72. The molecule has 0 spiro atoms. The van der Waals surface area contributed by atoms with Crippen LogP contribution in [0.3, 0.4) is 0 Å². The lowest BCUT2D eigenvalue weighted by atomic mass is 10.1. The van der Waals surface area contributed by atoms with Crippen molar-refractivity contribution >= 4 is 15.9 Å². The quantitative estimate of drug-likeness (QED) is 0.410. The first kappa shape index (κ1) is 23.8. The second-order valence-corrected chi connectivity index (χ2v) is 9.35. The molecule has 4 aromatic rings. The molecule has 1 N–H and O–H groups in total. The van der Waals surface area contributed by atoms with E-state index in [1.54, 1.807) is 53.7 Å². The number of aliphatic hydroxyl groups is 1. The van der Waals surface area contributed by atoms with E-state index in [1.165, 1.54) is 0 Å². The lowest BCUT2D eigenvalue weighted by Crippen LogP contribution is -2.22. The van der Waals surface area contributed by atoms with Gasteiger partial charge in [-0.1, -0.05) is 0 Å². The van der Waals surface area contributed by atoms with Gasteiger partial charge in [-0.25, -0.2) is 9.97 Å². The highest BCUT2D eigenvalue weighted by molar-refractivity contribution is 9.10. The fraction of sp³-hybridized carbons (Fsp3) is 0.292. The van der Waals surface area contributed by atoms with Gasteiger partial charge in [-0.15, -0.1) is 0 Å². The number of aromatic nitrogens is 6. The molecule has 0 fully saturated rings. The van der Waals surface area contributed by atoms with Crippen LogP contribution >= 0.6 is 15.9 Å². The first-order valence-electron chi connectivity index (χ1n) is 10.6. The third-order valence-electron chi connectivity index (χ3n) is 5.21. The molecule has 4 rings (SSSR count). The largest absolute Gasteiger partial charge is 0.486 e. The predicted octanol–water partition coefficient (Wildman–Crippen LogP) is 3.61. The Hall–Kier alpha value is -3.37. The average molecular weight is 525 g/mol. The molecule has 0 aliphatic carbocycles. The van der Waals surface area contributed by atoms with Crippen LogP contribution in [0.4, 0.5) is 0 Å². The van der Waals surface area contributed by atoms with Gasteiger partial charge in [0.2, 0.25) is 0 Å². The van der Waals surface area contributed by atoms with Gasteiger partial charge in [-0.2, -0.15) is 5.10 Å². The number of hydrogen-bond donors (Lipinski definition) is 1. The van der Waals surface area contributed by atoms with E-state index in [2.05, 4.69) is 36.0 Å². The number of ether oxygens (including phenoxy) is 1. The van der Waals surface area contributed by atoms with Crippen LogP contribution in [0.2, 0.25) is 0 Å². The molecule has 10 heteroatoms. The minimum Gasteiger partial charge on any atom is -0.486 e. The van der Waals surface area contributed by atoms with E-state index in [9.17, 15) is 9.90 Å². The number of aryl methyl sites for hydroxylation is 3. The van der Waals surface area contributed by atoms with Crippen LogP contribution in [0.1, 0.15) is 36.6 Å². The third-order valence-corrected chi connectivity index (χ3v) is 5.94. The molecule has 0 bridgehead atoms. The van der Waals surface area contributed by atoms with Crippen molar-refractivity contribution in [1.29, 1.82) is 0 Å². The average Bonchev–Trinajstić information content (AvgIpc) is 3.20. The zero-order valence-electron chi connectivity index (χ0n) is 19.6. The summed E-state index contributed by atoms with van der Waals surface area (Å²) in [7, 11) is 1.84. The molecule has 9 nitrogen and oxygen atoms in total. The van der Waals surface area contributed by atoms with Crippen molar-refractivity contribution < 1.29 is 9.84 Å². The molecule has 4 aromatic heterocycles. The molecule has 0 aliphatic rings. The number of pyridine rings is 2. The summed E-state index contributed by atoms with van der Waals surface area (Å²) in [5.41, 5.74) is 2.61. The molecule has 0 aromatic carbocycles. The minimum atomic E-state index is -1.19. The Kier molecular flexibility index (Phi) is 6.37. The molecule has 0 unspecified atom stereocenters. The second kappa shape index (κ2) is 9.11. The summed E-state index contributed by atoms with van der Waals surface area (Å²) in [5.74, 6) is 0.742. The lowest BCUT2D eigenvalue weighted by Gasteiger charge is -2.17. The Labute approximate surface area is 205 Å². The first-order valence-corrected chi connectivity index (χ1v) is 11.4. The monoisotopic (exact) mass is 524 g/mol. The fourth-order valence-electron chi connectivity index (χ4n) is 3.48. The Morgan fingerprint density at radius 3 is 2.62 bits per heavy atom. The molecule has 4 heterocycles. The first-order chi connectivity index (χ1) is 16.0. The standard InChI is InChI=1S/C24H25BrN6O3/c1-14-12-27-23(24(3,4)33)28-21(14)18-11-17(6-8-26-18)31-15(2)10-19(20(25)22(31)32)34-13-16-7-9-30(5)29-16/h6-12,33H,13H2,1-5H3. The summed E-state index contributed by atoms with van der Waals surface area (Å²) in [6, 6.07) is 7.21. The van der Waals surface area contributed by atoms with Crippen molar-refractivity contribution in [3.05, 3.63) is 80.5 Å². The lowest BCUT2D eigenvalue weighted by molar-refractivity contribution is 0.0688. The maximum atomic E-state index is 13.3. The highest BCUT2D eigenvalue weighted by Gasteiger charge is 2.22. The molecule has 176 valence electrons. The van der Waals surface area contributed by atoms with Gasteiger partial charge in [0.1, 0.15) is 22.4 Å². The molecule has 0 radical (unpaired) electrons. The van der Waals surface area contributed by atoms with Crippen LogP contribution < -0.4 is 10.3 Å². The zero-order chi connectivity index (χ0) is 24.6. The van der Waals surface area contributed by atoms with E-state index in [0.29, 0.717) is 38.8 Å². The number of halogens is 1. The van der Waals surface area contributed by atoms with E-state index >= 15 is 0 Å². The topological polar surface area (TPSA) is 108 Å². The van der Waals surface area contributed by atoms with E-state index in [-0.39, 0.29) is 12.2 Å². The van der Waals surface area contributed by atoms with Crippen LogP contribution in [0.15, 0.2) is 52.1 Å². The van der Waals surface area contributed by atoms with Crippen LogP contribution in [-0.4, -0.2) is 34.4 Å². The van der Waals surface area contributed by atoms with Crippen LogP contribution in [0.25, 0.3) is 17.1 Å². The minimum absolute atomic E-state index is 0.248. The summed E-state index contributed by atoms with van der Waals surface area (Å²) in [6.45, 7) is 7.22. The summed E-state index contributed by atoms with van der Waals surface area (Å²) in [5, 5.41) is 14.6. The molecular weight excluding hydrogens is 500 g/mol. The smallest absolute Gasteiger partial charge is 0.273 e. The number of rotatable bonds is 6. The van der Waals surface area contributed by atoms with E-state index in [4.69, 9.17) is 4.74 Å². The normalized spacial score (nSPS) is 11.6. The van der Waals surface area contributed by atoms with Crippen molar-refractivity contribution in [3.63, 3.8) is 0 Å². The van der Waals surface area contributed by atoms with Gasteiger partial charge in [0.25, 0.3) is 5.56 Å². The highest BCUT2D eigenvalue weighted by Crippen LogP contribution is 2.27. The fourth-order valence-corrected chi connectivity index (χ4v) is 3.89. The predicted molar refractivity (Wildman–Crippen MR) is 131 cm³/mol. The molecule has 0 saturated carbocycles. The SMILES string of the molecule is Cc1cnc(C(C)(C)O)nc1-c1cc(-n2c(C)cc(OCc3ccn(C)n3)c(Br)c2=O)ccn1. The van der Waals surface area contributed by atoms with Crippen molar-refractivity contribution in [2.45, 2.75) is 39.9 Å². The zero-order valence-corrected chi connectivity index (χ0v) is 21.2. The molecule has 0 saturated heterocycles. The van der Waals surface area contributed by atoms with Crippen LogP contribution in [0, 0.1) is 13.8 Å². The van der Waals surface area contributed by atoms with Crippen molar-refractivity contribution in [3.8, 4) is 22.8 Å². The van der Waals surface area contributed by atoms with Gasteiger partial charge < -0.3 is 9.84 Å².